The lowest BCUT2D eigenvalue weighted by Gasteiger charge is -2.06. The van der Waals surface area contributed by atoms with Gasteiger partial charge in [-0.2, -0.15) is 0 Å². The molecule has 0 saturated heterocycles. The molecule has 0 aliphatic carbocycles. The van der Waals surface area contributed by atoms with Crippen LogP contribution >= 0.6 is 0 Å². The zero-order valence-corrected chi connectivity index (χ0v) is 10.2. The van der Waals surface area contributed by atoms with Gasteiger partial charge in [0.25, 0.3) is 0 Å². The van der Waals surface area contributed by atoms with Crippen molar-refractivity contribution in [1.29, 1.82) is 0 Å². The molecule has 17 heavy (non-hydrogen) atoms. The maximum Gasteiger partial charge on any atom is 0.132 e. The Labute approximate surface area is 102 Å². The number of nitrogen functional groups attached to an aromatic ring is 1. The van der Waals surface area contributed by atoms with Crippen molar-refractivity contribution >= 4 is 5.69 Å². The number of nitrogens with two attached hydrogens (primary N) is 1. The van der Waals surface area contributed by atoms with Crippen molar-refractivity contribution in [2.45, 2.75) is 26.2 Å². The summed E-state index contributed by atoms with van der Waals surface area (Å²) in [6, 6.07) is 9.81. The zero-order chi connectivity index (χ0) is 12.3. The van der Waals surface area contributed by atoms with Gasteiger partial charge in [-0.3, -0.25) is 0 Å². The SMILES string of the molecule is CC(C)c1ccnc(Cc2cccc(N)c2)n1. The molecule has 0 fully saturated rings. The van der Waals surface area contributed by atoms with Gasteiger partial charge in [0, 0.05) is 24.0 Å². The smallest absolute Gasteiger partial charge is 0.132 e. The van der Waals surface area contributed by atoms with Gasteiger partial charge >= 0.3 is 0 Å². The summed E-state index contributed by atoms with van der Waals surface area (Å²) < 4.78 is 0. The molecule has 2 aromatic rings. The fourth-order valence-electron chi connectivity index (χ4n) is 1.71. The van der Waals surface area contributed by atoms with Crippen LogP contribution in [0.4, 0.5) is 5.69 Å². The summed E-state index contributed by atoms with van der Waals surface area (Å²) in [6.45, 7) is 4.26. The minimum atomic E-state index is 0.428. The molecular formula is C14H17N3. The van der Waals surface area contributed by atoms with Crippen molar-refractivity contribution in [3.05, 3.63) is 53.6 Å². The molecule has 3 heteroatoms. The molecule has 0 amide bonds. The molecule has 0 spiro atoms. The number of hydrogen-bond donors (Lipinski definition) is 1. The van der Waals surface area contributed by atoms with Gasteiger partial charge in [0.1, 0.15) is 5.82 Å². The first-order valence-electron chi connectivity index (χ1n) is 5.81. The second kappa shape index (κ2) is 4.95. The van der Waals surface area contributed by atoms with Crippen molar-refractivity contribution < 1.29 is 0 Å². The van der Waals surface area contributed by atoms with Crippen LogP contribution in [0.1, 0.15) is 36.8 Å². The molecule has 0 saturated carbocycles. The van der Waals surface area contributed by atoms with Crippen LogP contribution in [-0.2, 0) is 6.42 Å². The molecule has 0 unspecified atom stereocenters. The Kier molecular flexibility index (Phi) is 3.38. The quantitative estimate of drug-likeness (QED) is 0.820. The normalized spacial score (nSPS) is 10.8. The van der Waals surface area contributed by atoms with Gasteiger partial charge in [0.15, 0.2) is 0 Å². The first-order valence-corrected chi connectivity index (χ1v) is 5.81. The largest absolute Gasteiger partial charge is 0.399 e. The summed E-state index contributed by atoms with van der Waals surface area (Å²) in [6.07, 6.45) is 2.55. The van der Waals surface area contributed by atoms with Crippen LogP contribution in [0.3, 0.4) is 0 Å². The number of aromatic nitrogens is 2. The van der Waals surface area contributed by atoms with Crippen LogP contribution in [0.2, 0.25) is 0 Å². The summed E-state index contributed by atoms with van der Waals surface area (Å²) in [5.74, 6) is 1.28. The van der Waals surface area contributed by atoms with Crippen LogP contribution in [0.5, 0.6) is 0 Å². The van der Waals surface area contributed by atoms with Gasteiger partial charge in [0.05, 0.1) is 0 Å². The molecule has 0 aliphatic rings. The van der Waals surface area contributed by atoms with Crippen LogP contribution in [0.25, 0.3) is 0 Å². The second-order valence-corrected chi connectivity index (χ2v) is 4.47. The monoisotopic (exact) mass is 227 g/mol. The van der Waals surface area contributed by atoms with E-state index >= 15 is 0 Å². The van der Waals surface area contributed by atoms with Crippen molar-refractivity contribution in [3.8, 4) is 0 Å². The van der Waals surface area contributed by atoms with E-state index in [1.807, 2.05) is 36.5 Å². The van der Waals surface area contributed by atoms with Crippen molar-refractivity contribution in [3.63, 3.8) is 0 Å². The molecule has 0 radical (unpaired) electrons. The third-order valence-corrected chi connectivity index (χ3v) is 2.63. The Morgan fingerprint density at radius 2 is 2.06 bits per heavy atom. The lowest BCUT2D eigenvalue weighted by atomic mass is 10.1. The van der Waals surface area contributed by atoms with E-state index in [-0.39, 0.29) is 0 Å². The fraction of sp³-hybridized carbons (Fsp3) is 0.286. The average molecular weight is 227 g/mol. The fourth-order valence-corrected chi connectivity index (χ4v) is 1.71. The summed E-state index contributed by atoms with van der Waals surface area (Å²) in [5.41, 5.74) is 8.76. The number of rotatable bonds is 3. The van der Waals surface area contributed by atoms with E-state index in [2.05, 4.69) is 23.8 Å². The predicted octanol–water partition coefficient (Wildman–Crippen LogP) is 2.77. The maximum absolute atomic E-state index is 5.75. The Hall–Kier alpha value is -1.90. The second-order valence-electron chi connectivity index (χ2n) is 4.47. The van der Waals surface area contributed by atoms with Gasteiger partial charge in [-0.15, -0.1) is 0 Å². The highest BCUT2D eigenvalue weighted by Gasteiger charge is 2.04. The van der Waals surface area contributed by atoms with E-state index < -0.39 is 0 Å². The molecule has 1 aromatic carbocycles. The van der Waals surface area contributed by atoms with E-state index in [0.717, 1.165) is 29.2 Å². The first kappa shape index (κ1) is 11.6. The van der Waals surface area contributed by atoms with E-state index in [4.69, 9.17) is 5.73 Å². The highest BCUT2D eigenvalue weighted by molar-refractivity contribution is 5.41. The zero-order valence-electron chi connectivity index (χ0n) is 10.2. The molecule has 0 aliphatic heterocycles. The lowest BCUT2D eigenvalue weighted by Crippen LogP contribution is -2.01. The third kappa shape index (κ3) is 3.03. The van der Waals surface area contributed by atoms with E-state index in [1.165, 1.54) is 0 Å². The summed E-state index contributed by atoms with van der Waals surface area (Å²) in [4.78, 5) is 8.84. The van der Waals surface area contributed by atoms with E-state index in [0.29, 0.717) is 5.92 Å². The number of benzene rings is 1. The standard InChI is InChI=1S/C14H17N3/c1-10(2)13-6-7-16-14(17-13)9-11-4-3-5-12(15)8-11/h3-8,10H,9,15H2,1-2H3. The molecule has 2 rings (SSSR count). The summed E-state index contributed by atoms with van der Waals surface area (Å²) in [7, 11) is 0. The third-order valence-electron chi connectivity index (χ3n) is 2.63. The highest BCUT2D eigenvalue weighted by Crippen LogP contribution is 2.13. The molecule has 0 bridgehead atoms. The van der Waals surface area contributed by atoms with E-state index in [9.17, 15) is 0 Å². The Morgan fingerprint density at radius 1 is 1.24 bits per heavy atom. The minimum Gasteiger partial charge on any atom is -0.399 e. The molecule has 1 heterocycles. The first-order chi connectivity index (χ1) is 8.15. The number of anilines is 1. The molecule has 2 N–H and O–H groups in total. The van der Waals surface area contributed by atoms with Crippen LogP contribution < -0.4 is 5.73 Å². The van der Waals surface area contributed by atoms with Gasteiger partial charge in [-0.05, 0) is 29.7 Å². The molecule has 0 atom stereocenters. The van der Waals surface area contributed by atoms with Crippen LogP contribution in [0.15, 0.2) is 36.5 Å². The van der Waals surface area contributed by atoms with E-state index in [1.54, 1.807) is 0 Å². The lowest BCUT2D eigenvalue weighted by molar-refractivity contribution is 0.791. The topological polar surface area (TPSA) is 51.8 Å². The molecule has 3 nitrogen and oxygen atoms in total. The highest BCUT2D eigenvalue weighted by atomic mass is 14.9. The summed E-state index contributed by atoms with van der Waals surface area (Å²) >= 11 is 0. The average Bonchev–Trinajstić information content (AvgIpc) is 2.29. The number of nitrogens with zero attached hydrogens (tertiary/aromatic N) is 2. The van der Waals surface area contributed by atoms with Gasteiger partial charge in [-0.1, -0.05) is 26.0 Å². The Balaban J connectivity index is 2.21. The molecule has 1 aromatic heterocycles. The van der Waals surface area contributed by atoms with Crippen molar-refractivity contribution in [2.75, 3.05) is 5.73 Å². The predicted molar refractivity (Wildman–Crippen MR) is 69.8 cm³/mol. The van der Waals surface area contributed by atoms with Gasteiger partial charge in [-0.25, -0.2) is 9.97 Å². The maximum atomic E-state index is 5.75. The Bertz CT molecular complexity index is 506. The van der Waals surface area contributed by atoms with Crippen LogP contribution in [0, 0.1) is 0 Å². The van der Waals surface area contributed by atoms with Gasteiger partial charge in [0.2, 0.25) is 0 Å². The van der Waals surface area contributed by atoms with Gasteiger partial charge < -0.3 is 5.73 Å². The number of hydrogen-bond acceptors (Lipinski definition) is 3. The Morgan fingerprint density at radius 3 is 2.76 bits per heavy atom. The van der Waals surface area contributed by atoms with Crippen molar-refractivity contribution in [1.82, 2.24) is 9.97 Å². The molecular weight excluding hydrogens is 210 g/mol. The summed E-state index contributed by atoms with van der Waals surface area (Å²) in [5, 5.41) is 0. The minimum absolute atomic E-state index is 0.428. The van der Waals surface area contributed by atoms with Crippen molar-refractivity contribution in [2.24, 2.45) is 0 Å². The van der Waals surface area contributed by atoms with Crippen LogP contribution in [-0.4, -0.2) is 9.97 Å². The molecule has 88 valence electrons.